The van der Waals surface area contributed by atoms with Crippen LogP contribution in [0.4, 0.5) is 0 Å². The molecule has 1 atom stereocenters. The van der Waals surface area contributed by atoms with Crippen molar-refractivity contribution in [2.45, 2.75) is 26.8 Å². The Hall–Kier alpha value is -1.79. The summed E-state index contributed by atoms with van der Waals surface area (Å²) in [5.74, 6) is 1.55. The number of ether oxygens (including phenoxy) is 3. The molecule has 1 aliphatic rings. The summed E-state index contributed by atoms with van der Waals surface area (Å²) in [6.07, 6.45) is 0. The Balaban J connectivity index is 1.83. The minimum atomic E-state index is -0.124. The van der Waals surface area contributed by atoms with Crippen molar-refractivity contribution < 1.29 is 19.0 Å². The quantitative estimate of drug-likeness (QED) is 0.775. The van der Waals surface area contributed by atoms with Crippen LogP contribution in [0.15, 0.2) is 18.2 Å². The van der Waals surface area contributed by atoms with Crippen LogP contribution in [0, 0.1) is 12.8 Å². The molecule has 6 nitrogen and oxygen atoms in total. The Labute approximate surface area is 150 Å². The Kier molecular flexibility index (Phi) is 7.52. The molecular weight excluding hydrogens is 320 g/mol. The van der Waals surface area contributed by atoms with Crippen LogP contribution >= 0.6 is 0 Å². The van der Waals surface area contributed by atoms with Crippen LogP contribution in [0.5, 0.6) is 11.5 Å². The van der Waals surface area contributed by atoms with Gasteiger partial charge in [-0.05, 0) is 30.5 Å². The van der Waals surface area contributed by atoms with E-state index < -0.39 is 0 Å². The van der Waals surface area contributed by atoms with Gasteiger partial charge in [0.15, 0.2) is 18.1 Å². The lowest BCUT2D eigenvalue weighted by Gasteiger charge is -2.36. The topological polar surface area (TPSA) is 60.0 Å². The molecule has 1 aromatic carbocycles. The van der Waals surface area contributed by atoms with E-state index in [0.717, 1.165) is 31.9 Å². The first-order valence-corrected chi connectivity index (χ1v) is 8.87. The van der Waals surface area contributed by atoms with Gasteiger partial charge < -0.3 is 19.5 Å². The Morgan fingerprint density at radius 3 is 2.64 bits per heavy atom. The van der Waals surface area contributed by atoms with E-state index in [4.69, 9.17) is 14.2 Å². The van der Waals surface area contributed by atoms with Gasteiger partial charge in [-0.25, -0.2) is 0 Å². The van der Waals surface area contributed by atoms with Crippen molar-refractivity contribution in [1.29, 1.82) is 0 Å². The lowest BCUT2D eigenvalue weighted by molar-refractivity contribution is -0.123. The highest BCUT2D eigenvalue weighted by molar-refractivity contribution is 5.77. The standard InChI is InChI=1S/C19H30N2O4/c1-14(2)16(21-7-9-24-10-8-21)12-20-19(22)13-25-17-6-5-15(3)11-18(17)23-4/h5-6,11,14,16H,7-10,12-13H2,1-4H3,(H,20,22). The Bertz CT molecular complexity index is 556. The summed E-state index contributed by atoms with van der Waals surface area (Å²) in [7, 11) is 1.59. The van der Waals surface area contributed by atoms with E-state index >= 15 is 0 Å². The molecular formula is C19H30N2O4. The van der Waals surface area contributed by atoms with Crippen LogP contribution in [-0.4, -0.2) is 63.4 Å². The van der Waals surface area contributed by atoms with E-state index in [1.807, 2.05) is 25.1 Å². The van der Waals surface area contributed by atoms with Crippen molar-refractivity contribution in [1.82, 2.24) is 10.2 Å². The van der Waals surface area contributed by atoms with E-state index in [-0.39, 0.29) is 12.5 Å². The molecule has 0 spiro atoms. The van der Waals surface area contributed by atoms with Gasteiger partial charge in [0, 0.05) is 25.7 Å². The normalized spacial score (nSPS) is 16.5. The predicted molar refractivity (Wildman–Crippen MR) is 97.3 cm³/mol. The fourth-order valence-electron chi connectivity index (χ4n) is 3.00. The van der Waals surface area contributed by atoms with Crippen molar-refractivity contribution in [2.75, 3.05) is 46.6 Å². The predicted octanol–water partition coefficient (Wildman–Crippen LogP) is 1.86. The number of carbonyl (C=O) groups is 1. The van der Waals surface area contributed by atoms with Gasteiger partial charge in [-0.15, -0.1) is 0 Å². The fraction of sp³-hybridized carbons (Fsp3) is 0.632. The first kappa shape index (κ1) is 19.5. The van der Waals surface area contributed by atoms with Crippen LogP contribution in [0.1, 0.15) is 19.4 Å². The zero-order chi connectivity index (χ0) is 18.2. The molecule has 140 valence electrons. The summed E-state index contributed by atoms with van der Waals surface area (Å²) in [6.45, 7) is 10.3. The SMILES string of the molecule is COc1cc(C)ccc1OCC(=O)NCC(C(C)C)N1CCOCC1. The average Bonchev–Trinajstić information content (AvgIpc) is 2.61. The third kappa shape index (κ3) is 5.90. The summed E-state index contributed by atoms with van der Waals surface area (Å²) >= 11 is 0. The molecule has 6 heteroatoms. The molecule has 1 unspecified atom stereocenters. The van der Waals surface area contributed by atoms with Gasteiger partial charge in [-0.3, -0.25) is 9.69 Å². The molecule has 1 N–H and O–H groups in total. The van der Waals surface area contributed by atoms with Gasteiger partial charge in [0.05, 0.1) is 20.3 Å². The minimum Gasteiger partial charge on any atom is -0.493 e. The summed E-state index contributed by atoms with van der Waals surface area (Å²) in [5, 5.41) is 2.99. The maximum Gasteiger partial charge on any atom is 0.257 e. The molecule has 1 aromatic rings. The maximum atomic E-state index is 12.2. The van der Waals surface area contributed by atoms with Crippen molar-refractivity contribution >= 4 is 5.91 Å². The molecule has 25 heavy (non-hydrogen) atoms. The van der Waals surface area contributed by atoms with Crippen molar-refractivity contribution in [3.63, 3.8) is 0 Å². The third-order valence-corrected chi connectivity index (χ3v) is 4.47. The lowest BCUT2D eigenvalue weighted by atomic mass is 10.0. The average molecular weight is 350 g/mol. The number of hydrogen-bond donors (Lipinski definition) is 1. The molecule has 2 rings (SSSR count). The van der Waals surface area contributed by atoms with Gasteiger partial charge >= 0.3 is 0 Å². The van der Waals surface area contributed by atoms with Gasteiger partial charge in [-0.2, -0.15) is 0 Å². The Morgan fingerprint density at radius 2 is 2.00 bits per heavy atom. The second kappa shape index (κ2) is 9.63. The lowest BCUT2D eigenvalue weighted by Crippen LogP contribution is -2.51. The number of hydrogen-bond acceptors (Lipinski definition) is 5. The number of aryl methyl sites for hydroxylation is 1. The molecule has 1 heterocycles. The van der Waals surface area contributed by atoms with Gasteiger partial charge in [0.2, 0.25) is 0 Å². The van der Waals surface area contributed by atoms with Crippen LogP contribution in [0.2, 0.25) is 0 Å². The molecule has 0 bridgehead atoms. The monoisotopic (exact) mass is 350 g/mol. The highest BCUT2D eigenvalue weighted by Crippen LogP contribution is 2.27. The summed E-state index contributed by atoms with van der Waals surface area (Å²) < 4.78 is 16.3. The smallest absolute Gasteiger partial charge is 0.257 e. The van der Waals surface area contributed by atoms with E-state index in [1.54, 1.807) is 7.11 Å². The van der Waals surface area contributed by atoms with Crippen molar-refractivity contribution in [2.24, 2.45) is 5.92 Å². The van der Waals surface area contributed by atoms with E-state index in [1.165, 1.54) is 0 Å². The van der Waals surface area contributed by atoms with Crippen LogP contribution in [0.25, 0.3) is 0 Å². The number of nitrogens with zero attached hydrogens (tertiary/aromatic N) is 1. The molecule has 1 amide bonds. The minimum absolute atomic E-state index is 0.0205. The molecule has 0 aliphatic carbocycles. The van der Waals surface area contributed by atoms with Gasteiger partial charge in [-0.1, -0.05) is 19.9 Å². The molecule has 0 saturated carbocycles. The Morgan fingerprint density at radius 1 is 1.28 bits per heavy atom. The number of amides is 1. The second-order valence-corrected chi connectivity index (χ2v) is 6.71. The van der Waals surface area contributed by atoms with Crippen molar-refractivity contribution in [3.05, 3.63) is 23.8 Å². The van der Waals surface area contributed by atoms with Crippen LogP contribution in [-0.2, 0) is 9.53 Å². The first-order chi connectivity index (χ1) is 12.0. The first-order valence-electron chi connectivity index (χ1n) is 8.87. The summed E-state index contributed by atoms with van der Waals surface area (Å²) in [4.78, 5) is 14.6. The summed E-state index contributed by atoms with van der Waals surface area (Å²) in [5.41, 5.74) is 1.08. The molecule has 0 radical (unpaired) electrons. The highest BCUT2D eigenvalue weighted by Gasteiger charge is 2.24. The largest absolute Gasteiger partial charge is 0.493 e. The highest BCUT2D eigenvalue weighted by atomic mass is 16.5. The van der Waals surface area contributed by atoms with Gasteiger partial charge in [0.25, 0.3) is 5.91 Å². The number of nitrogens with one attached hydrogen (secondary N) is 1. The van der Waals surface area contributed by atoms with Crippen molar-refractivity contribution in [3.8, 4) is 11.5 Å². The van der Waals surface area contributed by atoms with Crippen LogP contribution in [0.3, 0.4) is 0 Å². The van der Waals surface area contributed by atoms with E-state index in [0.29, 0.717) is 30.0 Å². The van der Waals surface area contributed by atoms with E-state index in [9.17, 15) is 4.79 Å². The second-order valence-electron chi connectivity index (χ2n) is 6.71. The van der Waals surface area contributed by atoms with Crippen LogP contribution < -0.4 is 14.8 Å². The zero-order valence-electron chi connectivity index (χ0n) is 15.7. The zero-order valence-corrected chi connectivity index (χ0v) is 15.7. The number of rotatable bonds is 8. The molecule has 0 aromatic heterocycles. The molecule has 1 fully saturated rings. The third-order valence-electron chi connectivity index (χ3n) is 4.47. The molecule has 1 saturated heterocycles. The molecule has 1 aliphatic heterocycles. The number of carbonyl (C=O) groups excluding carboxylic acids is 1. The number of morpholine rings is 1. The number of benzene rings is 1. The summed E-state index contributed by atoms with van der Waals surface area (Å²) in [6, 6.07) is 5.96. The van der Waals surface area contributed by atoms with E-state index in [2.05, 4.69) is 24.1 Å². The maximum absolute atomic E-state index is 12.2. The fourth-order valence-corrected chi connectivity index (χ4v) is 3.00. The van der Waals surface area contributed by atoms with Gasteiger partial charge in [0.1, 0.15) is 0 Å². The number of methoxy groups -OCH3 is 1.